The van der Waals surface area contributed by atoms with E-state index >= 15 is 0 Å². The molecule has 0 atom stereocenters. The molecule has 9 heteroatoms. The highest BCUT2D eigenvalue weighted by Gasteiger charge is 2.25. The van der Waals surface area contributed by atoms with Crippen LogP contribution in [-0.2, 0) is 4.74 Å². The van der Waals surface area contributed by atoms with Crippen molar-refractivity contribution >= 4 is 51.9 Å². The minimum atomic E-state index is -0.651. The summed E-state index contributed by atoms with van der Waals surface area (Å²) in [5.41, 5.74) is 3.70. The summed E-state index contributed by atoms with van der Waals surface area (Å²) in [6, 6.07) is 6.23. The van der Waals surface area contributed by atoms with Crippen LogP contribution < -0.4 is 10.7 Å². The maximum absolute atomic E-state index is 12.2. The number of benzene rings is 1. The number of hydrogen-bond donors (Lipinski definition) is 2. The van der Waals surface area contributed by atoms with Crippen molar-refractivity contribution in [2.45, 2.75) is 20.8 Å². The lowest BCUT2D eigenvalue weighted by Gasteiger charge is -2.06. The van der Waals surface area contributed by atoms with E-state index in [4.69, 9.17) is 16.3 Å². The number of carbonyl (C=O) groups is 3. The first-order valence-corrected chi connectivity index (χ1v) is 9.20. The highest BCUT2D eigenvalue weighted by atomic mass is 35.5. The molecular formula is C18H18ClN3O4S. The smallest absolute Gasteiger partial charge is 0.341 e. The number of hydrazone groups is 1. The van der Waals surface area contributed by atoms with E-state index < -0.39 is 12.0 Å². The Morgan fingerprint density at radius 3 is 2.52 bits per heavy atom. The Hall–Kier alpha value is -2.71. The van der Waals surface area contributed by atoms with Gasteiger partial charge in [0.15, 0.2) is 5.78 Å². The maximum Gasteiger partial charge on any atom is 0.341 e. The number of hydrogen-bond acceptors (Lipinski definition) is 6. The van der Waals surface area contributed by atoms with Crippen molar-refractivity contribution in [1.82, 2.24) is 5.43 Å². The second-order valence-electron chi connectivity index (χ2n) is 5.41. The van der Waals surface area contributed by atoms with E-state index in [9.17, 15) is 14.4 Å². The zero-order valence-electron chi connectivity index (χ0n) is 15.0. The molecule has 1 heterocycles. The van der Waals surface area contributed by atoms with Gasteiger partial charge in [-0.1, -0.05) is 23.7 Å². The lowest BCUT2D eigenvalue weighted by molar-refractivity contribution is 0.0527. The number of Topliss-reactive ketones (excluding diaryl/α,β-unsaturated/α-hetero) is 1. The summed E-state index contributed by atoms with van der Waals surface area (Å²) in [5.74, 6) is -0.795. The molecule has 0 fully saturated rings. The van der Waals surface area contributed by atoms with E-state index in [0.717, 1.165) is 16.9 Å². The quantitative estimate of drug-likeness (QED) is 0.324. The molecule has 2 N–H and O–H groups in total. The van der Waals surface area contributed by atoms with Crippen molar-refractivity contribution in [2.75, 3.05) is 11.9 Å². The summed E-state index contributed by atoms with van der Waals surface area (Å²) < 4.78 is 5.02. The number of rotatable bonds is 6. The van der Waals surface area contributed by atoms with Gasteiger partial charge in [-0.2, -0.15) is 5.10 Å². The average Bonchev–Trinajstić information content (AvgIpc) is 2.93. The molecule has 0 unspecified atom stereocenters. The molecular weight excluding hydrogens is 390 g/mol. The Bertz CT molecular complexity index is 891. The number of halogens is 1. The molecule has 1 aromatic carbocycles. The highest BCUT2D eigenvalue weighted by molar-refractivity contribution is 7.18. The van der Waals surface area contributed by atoms with E-state index in [2.05, 4.69) is 15.8 Å². The molecule has 0 saturated carbocycles. The van der Waals surface area contributed by atoms with Crippen LogP contribution in [0.1, 0.15) is 45.0 Å². The van der Waals surface area contributed by atoms with E-state index in [1.807, 2.05) is 0 Å². The van der Waals surface area contributed by atoms with Crippen molar-refractivity contribution in [1.29, 1.82) is 0 Å². The lowest BCUT2D eigenvalue weighted by atomic mass is 10.1. The summed E-state index contributed by atoms with van der Waals surface area (Å²) in [5, 5.41) is 7.20. The number of ketones is 1. The molecule has 0 aliphatic heterocycles. The average molecular weight is 408 g/mol. The lowest BCUT2D eigenvalue weighted by Crippen LogP contribution is -2.24. The van der Waals surface area contributed by atoms with E-state index in [-0.39, 0.29) is 23.0 Å². The molecule has 1 aromatic heterocycles. The van der Waals surface area contributed by atoms with Crippen LogP contribution in [0.2, 0.25) is 5.02 Å². The predicted octanol–water partition coefficient (Wildman–Crippen LogP) is 4.24. The fourth-order valence-corrected chi connectivity index (χ4v) is 3.44. The summed E-state index contributed by atoms with van der Waals surface area (Å²) in [7, 11) is 0. The summed E-state index contributed by atoms with van der Waals surface area (Å²) >= 11 is 6.82. The predicted molar refractivity (Wildman–Crippen MR) is 106 cm³/mol. The molecule has 0 radical (unpaired) electrons. The van der Waals surface area contributed by atoms with Crippen molar-refractivity contribution in [2.24, 2.45) is 5.10 Å². The summed E-state index contributed by atoms with van der Waals surface area (Å²) in [4.78, 5) is 36.4. The van der Waals surface area contributed by atoms with Crippen LogP contribution >= 0.6 is 22.9 Å². The fraction of sp³-hybridized carbons (Fsp3) is 0.222. The summed E-state index contributed by atoms with van der Waals surface area (Å²) in [6.07, 6.45) is 1.45. The van der Waals surface area contributed by atoms with Gasteiger partial charge in [0.2, 0.25) is 0 Å². The zero-order valence-corrected chi connectivity index (χ0v) is 16.5. The standard InChI is InChI=1S/C18H18ClN3O4S/c1-4-26-17(24)14-10(2)15(11(3)23)27-16(14)21-18(25)22-20-9-12-5-7-13(19)8-6-12/h5-9H,4H2,1-3H3,(H2,21,22,25)/b20-9+. The molecule has 7 nitrogen and oxygen atoms in total. The minimum Gasteiger partial charge on any atom is -0.462 e. The van der Waals surface area contributed by atoms with Crippen molar-refractivity contribution in [3.8, 4) is 0 Å². The number of amides is 2. The number of urea groups is 1. The second-order valence-corrected chi connectivity index (χ2v) is 6.87. The molecule has 2 amide bonds. The Labute approximate surface area is 165 Å². The molecule has 142 valence electrons. The first kappa shape index (κ1) is 20.6. The number of anilines is 1. The molecule has 0 bridgehead atoms. The number of carbonyl (C=O) groups excluding carboxylic acids is 3. The Kier molecular flexibility index (Phi) is 7.09. The normalized spacial score (nSPS) is 10.7. The van der Waals surface area contributed by atoms with E-state index in [1.165, 1.54) is 13.1 Å². The third-order valence-electron chi connectivity index (χ3n) is 3.42. The van der Waals surface area contributed by atoms with Gasteiger partial charge in [0.25, 0.3) is 0 Å². The number of esters is 1. The van der Waals surface area contributed by atoms with Gasteiger partial charge < -0.3 is 4.74 Å². The van der Waals surface area contributed by atoms with Crippen molar-refractivity contribution in [3.05, 3.63) is 50.9 Å². The van der Waals surface area contributed by atoms with Crippen LogP contribution in [0, 0.1) is 6.92 Å². The third kappa shape index (κ3) is 5.38. The first-order valence-electron chi connectivity index (χ1n) is 8.00. The minimum absolute atomic E-state index is 0.170. The molecule has 2 aromatic rings. The molecule has 0 aliphatic carbocycles. The number of nitrogens with one attached hydrogen (secondary N) is 2. The maximum atomic E-state index is 12.2. The van der Waals surface area contributed by atoms with Crippen LogP contribution in [-0.4, -0.2) is 30.6 Å². The van der Waals surface area contributed by atoms with Crippen LogP contribution in [0.3, 0.4) is 0 Å². The topological polar surface area (TPSA) is 96.9 Å². The fourth-order valence-electron chi connectivity index (χ4n) is 2.23. The molecule has 2 rings (SSSR count). The summed E-state index contributed by atoms with van der Waals surface area (Å²) in [6.45, 7) is 4.90. The molecule has 0 saturated heterocycles. The van der Waals surface area contributed by atoms with E-state index in [1.54, 1.807) is 38.1 Å². The Balaban J connectivity index is 2.14. The van der Waals surface area contributed by atoms with Crippen LogP contribution in [0.5, 0.6) is 0 Å². The van der Waals surface area contributed by atoms with Gasteiger partial charge in [-0.3, -0.25) is 10.1 Å². The van der Waals surface area contributed by atoms with Gasteiger partial charge in [0.1, 0.15) is 5.00 Å². The Morgan fingerprint density at radius 2 is 1.93 bits per heavy atom. The SMILES string of the molecule is CCOC(=O)c1c(NC(=O)N/N=C/c2ccc(Cl)cc2)sc(C(C)=O)c1C. The second kappa shape index (κ2) is 9.29. The number of thiophene rings is 1. The molecule has 27 heavy (non-hydrogen) atoms. The van der Waals surface area contributed by atoms with Gasteiger partial charge in [-0.25, -0.2) is 15.0 Å². The highest BCUT2D eigenvalue weighted by Crippen LogP contribution is 2.34. The zero-order chi connectivity index (χ0) is 20.0. The number of nitrogens with zero attached hydrogens (tertiary/aromatic N) is 1. The van der Waals surface area contributed by atoms with Gasteiger partial charge in [-0.15, -0.1) is 11.3 Å². The molecule has 0 spiro atoms. The van der Waals surface area contributed by atoms with Gasteiger partial charge in [0, 0.05) is 5.02 Å². The first-order chi connectivity index (χ1) is 12.8. The largest absolute Gasteiger partial charge is 0.462 e. The third-order valence-corrected chi connectivity index (χ3v) is 4.98. The monoisotopic (exact) mass is 407 g/mol. The van der Waals surface area contributed by atoms with Crippen molar-refractivity contribution in [3.63, 3.8) is 0 Å². The Morgan fingerprint density at radius 1 is 1.26 bits per heavy atom. The van der Waals surface area contributed by atoms with Crippen LogP contribution in [0.4, 0.5) is 9.80 Å². The van der Waals surface area contributed by atoms with E-state index in [0.29, 0.717) is 15.5 Å². The van der Waals surface area contributed by atoms with Crippen LogP contribution in [0.15, 0.2) is 29.4 Å². The molecule has 0 aliphatic rings. The number of ether oxygens (including phenoxy) is 1. The van der Waals surface area contributed by atoms with Crippen molar-refractivity contribution < 1.29 is 19.1 Å². The van der Waals surface area contributed by atoms with Crippen LogP contribution in [0.25, 0.3) is 0 Å². The van der Waals surface area contributed by atoms with Gasteiger partial charge in [-0.05, 0) is 44.0 Å². The van der Waals surface area contributed by atoms with Gasteiger partial charge in [0.05, 0.1) is 23.3 Å². The van der Waals surface area contributed by atoms with Gasteiger partial charge >= 0.3 is 12.0 Å².